The van der Waals surface area contributed by atoms with Gasteiger partial charge in [0.2, 0.25) is 0 Å². The molecule has 9 heteroatoms. The molecule has 1 aliphatic heterocycles. The van der Waals surface area contributed by atoms with Crippen molar-refractivity contribution in [2.24, 2.45) is 0 Å². The van der Waals surface area contributed by atoms with Gasteiger partial charge in [-0.25, -0.2) is 4.98 Å². The molecule has 0 unspecified atom stereocenters. The summed E-state index contributed by atoms with van der Waals surface area (Å²) < 4.78 is 36.5. The van der Waals surface area contributed by atoms with E-state index in [1.165, 1.54) is 6.20 Å². The van der Waals surface area contributed by atoms with Crippen molar-refractivity contribution >= 4 is 18.4 Å². The van der Waals surface area contributed by atoms with Gasteiger partial charge < -0.3 is 14.9 Å². The Hall–Kier alpha value is -1.32. The van der Waals surface area contributed by atoms with Gasteiger partial charge in [-0.05, 0) is 6.07 Å². The molecule has 1 aromatic rings. The van der Waals surface area contributed by atoms with Gasteiger partial charge in [-0.15, -0.1) is 0 Å². The number of hydrogen-bond donors (Lipinski definition) is 2. The molecule has 0 bridgehead atoms. The molecule has 0 spiro atoms. The first-order chi connectivity index (χ1) is 9.85. The summed E-state index contributed by atoms with van der Waals surface area (Å²) in [6.07, 6.45) is -3.51. The summed E-state index contributed by atoms with van der Waals surface area (Å²) in [7, 11) is -1.55. The van der Waals surface area contributed by atoms with Crippen LogP contribution in [-0.4, -0.2) is 66.0 Å². The maximum absolute atomic E-state index is 12.2. The SMILES string of the molecule is OB(O)c1ccc(N2CCN(CCC(F)(F)F)CC2)nc1. The fourth-order valence-electron chi connectivity index (χ4n) is 2.22. The molecule has 2 rings (SSSR count). The fourth-order valence-corrected chi connectivity index (χ4v) is 2.22. The van der Waals surface area contributed by atoms with Crippen LogP contribution in [-0.2, 0) is 0 Å². The van der Waals surface area contributed by atoms with Gasteiger partial charge in [0, 0.05) is 44.4 Å². The molecule has 0 aromatic carbocycles. The van der Waals surface area contributed by atoms with Gasteiger partial charge in [-0.2, -0.15) is 13.2 Å². The Bertz CT molecular complexity index is 448. The molecule has 2 N–H and O–H groups in total. The first-order valence-electron chi connectivity index (χ1n) is 6.71. The smallest absolute Gasteiger partial charge is 0.423 e. The predicted molar refractivity (Wildman–Crippen MR) is 73.4 cm³/mol. The van der Waals surface area contributed by atoms with Crippen LogP contribution in [0, 0.1) is 0 Å². The Morgan fingerprint density at radius 1 is 1.14 bits per heavy atom. The summed E-state index contributed by atoms with van der Waals surface area (Å²) >= 11 is 0. The second kappa shape index (κ2) is 6.63. The summed E-state index contributed by atoms with van der Waals surface area (Å²) in [5.41, 5.74) is 0.308. The molecule has 1 aliphatic rings. The van der Waals surface area contributed by atoms with Gasteiger partial charge in [-0.1, -0.05) is 6.07 Å². The van der Waals surface area contributed by atoms with E-state index in [2.05, 4.69) is 4.98 Å². The molecule has 2 heterocycles. The molecule has 5 nitrogen and oxygen atoms in total. The zero-order chi connectivity index (χ0) is 15.5. The van der Waals surface area contributed by atoms with E-state index in [1.807, 2.05) is 4.90 Å². The number of nitrogens with zero attached hydrogens (tertiary/aromatic N) is 3. The molecule has 1 fully saturated rings. The van der Waals surface area contributed by atoms with Crippen LogP contribution in [0.1, 0.15) is 6.42 Å². The van der Waals surface area contributed by atoms with Crippen LogP contribution in [0.3, 0.4) is 0 Å². The summed E-state index contributed by atoms with van der Waals surface area (Å²) in [5, 5.41) is 18.0. The molecule has 21 heavy (non-hydrogen) atoms. The van der Waals surface area contributed by atoms with E-state index >= 15 is 0 Å². The van der Waals surface area contributed by atoms with Gasteiger partial charge in [0.1, 0.15) is 5.82 Å². The van der Waals surface area contributed by atoms with Crippen LogP contribution in [0.2, 0.25) is 0 Å². The van der Waals surface area contributed by atoms with E-state index in [0.29, 0.717) is 37.5 Å². The van der Waals surface area contributed by atoms with Crippen molar-refractivity contribution in [3.8, 4) is 0 Å². The Morgan fingerprint density at radius 3 is 2.29 bits per heavy atom. The van der Waals surface area contributed by atoms with E-state index in [9.17, 15) is 13.2 Å². The van der Waals surface area contributed by atoms with Crippen LogP contribution in [0.15, 0.2) is 18.3 Å². The number of aromatic nitrogens is 1. The van der Waals surface area contributed by atoms with Gasteiger partial charge >= 0.3 is 13.3 Å². The molecular formula is C12H17BF3N3O2. The highest BCUT2D eigenvalue weighted by molar-refractivity contribution is 6.58. The van der Waals surface area contributed by atoms with Crippen molar-refractivity contribution in [1.29, 1.82) is 0 Å². The summed E-state index contributed by atoms with van der Waals surface area (Å²) in [6.45, 7) is 2.35. The van der Waals surface area contributed by atoms with Crippen molar-refractivity contribution in [3.63, 3.8) is 0 Å². The van der Waals surface area contributed by atoms with Crippen LogP contribution < -0.4 is 10.4 Å². The van der Waals surface area contributed by atoms with Crippen molar-refractivity contribution in [2.75, 3.05) is 37.6 Å². The molecule has 0 aliphatic carbocycles. The average Bonchev–Trinajstić information content (AvgIpc) is 2.45. The number of halogens is 3. The Kier molecular flexibility index (Phi) is 5.07. The van der Waals surface area contributed by atoms with E-state index in [1.54, 1.807) is 17.0 Å². The van der Waals surface area contributed by atoms with Gasteiger partial charge in [0.15, 0.2) is 0 Å². The minimum atomic E-state index is -4.11. The molecule has 0 amide bonds. The minimum Gasteiger partial charge on any atom is -0.423 e. The molecule has 0 saturated carbocycles. The lowest BCUT2D eigenvalue weighted by molar-refractivity contribution is -0.138. The number of rotatable bonds is 4. The monoisotopic (exact) mass is 303 g/mol. The van der Waals surface area contributed by atoms with Crippen molar-refractivity contribution in [3.05, 3.63) is 18.3 Å². The lowest BCUT2D eigenvalue weighted by Crippen LogP contribution is -2.47. The lowest BCUT2D eigenvalue weighted by atomic mass is 9.82. The maximum atomic E-state index is 12.2. The average molecular weight is 303 g/mol. The van der Waals surface area contributed by atoms with Crippen LogP contribution in [0.5, 0.6) is 0 Å². The van der Waals surface area contributed by atoms with Crippen molar-refractivity contribution in [1.82, 2.24) is 9.88 Å². The highest BCUT2D eigenvalue weighted by atomic mass is 19.4. The second-order valence-electron chi connectivity index (χ2n) is 5.02. The first-order valence-corrected chi connectivity index (χ1v) is 6.71. The Balaban J connectivity index is 1.83. The normalized spacial score (nSPS) is 17.1. The highest BCUT2D eigenvalue weighted by Gasteiger charge is 2.28. The molecule has 1 saturated heterocycles. The summed E-state index contributed by atoms with van der Waals surface area (Å²) in [5.74, 6) is 0.690. The lowest BCUT2D eigenvalue weighted by Gasteiger charge is -2.35. The van der Waals surface area contributed by atoms with E-state index in [-0.39, 0.29) is 6.54 Å². The maximum Gasteiger partial charge on any atom is 0.490 e. The third-order valence-corrected chi connectivity index (χ3v) is 3.48. The molecular weight excluding hydrogens is 286 g/mol. The van der Waals surface area contributed by atoms with Crippen molar-refractivity contribution < 1.29 is 23.2 Å². The van der Waals surface area contributed by atoms with Gasteiger partial charge in [-0.3, -0.25) is 4.90 Å². The molecule has 0 radical (unpaired) electrons. The van der Waals surface area contributed by atoms with E-state index < -0.39 is 19.7 Å². The fraction of sp³-hybridized carbons (Fsp3) is 0.583. The third-order valence-electron chi connectivity index (χ3n) is 3.48. The van der Waals surface area contributed by atoms with E-state index in [4.69, 9.17) is 10.0 Å². The topological polar surface area (TPSA) is 59.8 Å². The predicted octanol–water partition coefficient (Wildman–Crippen LogP) is -0.164. The van der Waals surface area contributed by atoms with Crippen LogP contribution >= 0.6 is 0 Å². The zero-order valence-electron chi connectivity index (χ0n) is 11.4. The van der Waals surface area contributed by atoms with Crippen molar-refractivity contribution in [2.45, 2.75) is 12.6 Å². The number of alkyl halides is 3. The second-order valence-corrected chi connectivity index (χ2v) is 5.02. The molecule has 116 valence electrons. The Labute approximate surface area is 121 Å². The number of pyridine rings is 1. The number of hydrogen-bond acceptors (Lipinski definition) is 5. The standard InChI is InChI=1S/C12H17BF3N3O2/c14-12(15,16)3-4-18-5-7-19(8-6-18)11-2-1-10(9-17-11)13(20)21/h1-2,9,20-21H,3-8H2. The highest BCUT2D eigenvalue weighted by Crippen LogP contribution is 2.20. The number of piperazine rings is 1. The quantitative estimate of drug-likeness (QED) is 0.757. The van der Waals surface area contributed by atoms with E-state index in [0.717, 1.165) is 0 Å². The van der Waals surface area contributed by atoms with Crippen LogP contribution in [0.4, 0.5) is 19.0 Å². The van der Waals surface area contributed by atoms with Crippen LogP contribution in [0.25, 0.3) is 0 Å². The Morgan fingerprint density at radius 2 is 1.81 bits per heavy atom. The summed E-state index contributed by atoms with van der Waals surface area (Å²) in [6, 6.07) is 3.25. The first kappa shape index (κ1) is 16.1. The van der Waals surface area contributed by atoms with Gasteiger partial charge in [0.05, 0.1) is 6.42 Å². The molecule has 0 atom stereocenters. The third kappa shape index (κ3) is 4.87. The van der Waals surface area contributed by atoms with Gasteiger partial charge in [0.25, 0.3) is 0 Å². The largest absolute Gasteiger partial charge is 0.490 e. The number of anilines is 1. The summed E-state index contributed by atoms with van der Waals surface area (Å²) in [4.78, 5) is 7.90. The minimum absolute atomic E-state index is 0.0282. The molecule has 1 aromatic heterocycles. The zero-order valence-corrected chi connectivity index (χ0v) is 11.4.